The number of rotatable bonds is 4. The molecule has 3 heterocycles. The Bertz CT molecular complexity index is 1460. The van der Waals surface area contributed by atoms with Crippen LogP contribution in [-0.4, -0.2) is 62.1 Å². The van der Waals surface area contributed by atoms with Crippen molar-refractivity contribution >= 4 is 34.9 Å². The number of hydrogen-bond acceptors (Lipinski definition) is 6. The summed E-state index contributed by atoms with van der Waals surface area (Å²) in [6.45, 7) is 4.68. The molecule has 3 aromatic carbocycles. The van der Waals surface area contributed by atoms with Crippen LogP contribution in [0.1, 0.15) is 29.5 Å². The molecule has 0 bridgehead atoms. The molecule has 0 aromatic heterocycles. The van der Waals surface area contributed by atoms with E-state index in [2.05, 4.69) is 37.9 Å². The summed E-state index contributed by atoms with van der Waals surface area (Å²) in [5.74, 6) is 0. The highest BCUT2D eigenvalue weighted by atomic mass is 16.6. The van der Waals surface area contributed by atoms with Crippen LogP contribution < -0.4 is 20.9 Å². The van der Waals surface area contributed by atoms with Crippen molar-refractivity contribution in [2.24, 2.45) is 4.99 Å². The Morgan fingerprint density at radius 3 is 2.67 bits per heavy atom. The second-order valence-corrected chi connectivity index (χ2v) is 10.8. The first-order chi connectivity index (χ1) is 19.4. The summed E-state index contributed by atoms with van der Waals surface area (Å²) in [4.78, 5) is 34.8. The average molecular weight is 539 g/mol. The van der Waals surface area contributed by atoms with E-state index in [1.807, 2.05) is 74.6 Å². The molecule has 9 heteroatoms. The van der Waals surface area contributed by atoms with Crippen LogP contribution in [0.15, 0.2) is 77.8 Å². The third-order valence-electron chi connectivity index (χ3n) is 7.94. The first kappa shape index (κ1) is 25.9. The number of para-hydroxylation sites is 2. The maximum Gasteiger partial charge on any atom is 0.412 e. The number of nitrogens with one attached hydrogen (secondary N) is 3. The number of likely N-dealkylation sites (N-methyl/N-ethyl adjacent to an activating group) is 1. The van der Waals surface area contributed by atoms with Crippen molar-refractivity contribution in [1.29, 1.82) is 0 Å². The molecule has 9 nitrogen and oxygen atoms in total. The van der Waals surface area contributed by atoms with Crippen molar-refractivity contribution in [1.82, 2.24) is 10.2 Å². The van der Waals surface area contributed by atoms with Crippen LogP contribution in [-0.2, 0) is 10.3 Å². The number of aliphatic imine (C=N–C) groups is 1. The van der Waals surface area contributed by atoms with E-state index < -0.39 is 17.9 Å². The van der Waals surface area contributed by atoms with Gasteiger partial charge in [0.25, 0.3) is 0 Å². The standard InChI is InChI=1S/C31H34N6O3/c1-21-8-7-9-22(18-21)32-29(38)35-28-20-36(2)27-13-6-3-10-23(27)26(33-28)19-37-16-14-31(15-17-37)24-11-4-5-12-25(24)34-30(39)40-31/h3-13,18,28H,14-17,19-20H2,1-2H3,(H,34,39)(H2,32,35,38). The summed E-state index contributed by atoms with van der Waals surface area (Å²) in [5.41, 5.74) is 6.15. The van der Waals surface area contributed by atoms with Gasteiger partial charge >= 0.3 is 12.1 Å². The van der Waals surface area contributed by atoms with Crippen LogP contribution in [0.2, 0.25) is 0 Å². The fourth-order valence-electron chi connectivity index (χ4n) is 5.96. The number of fused-ring (bicyclic) bond motifs is 3. The van der Waals surface area contributed by atoms with Gasteiger partial charge in [-0.1, -0.05) is 48.5 Å². The summed E-state index contributed by atoms with van der Waals surface area (Å²) in [6, 6.07) is 23.6. The maximum absolute atomic E-state index is 12.9. The normalized spacial score (nSPS) is 19.9. The smallest absolute Gasteiger partial charge is 0.412 e. The lowest BCUT2D eigenvalue weighted by molar-refractivity contribution is -0.0351. The van der Waals surface area contributed by atoms with Gasteiger partial charge in [-0.15, -0.1) is 0 Å². The van der Waals surface area contributed by atoms with Crippen molar-refractivity contribution in [3.8, 4) is 0 Å². The van der Waals surface area contributed by atoms with E-state index in [-0.39, 0.29) is 6.03 Å². The predicted molar refractivity (Wildman–Crippen MR) is 157 cm³/mol. The number of aryl methyl sites for hydroxylation is 1. The summed E-state index contributed by atoms with van der Waals surface area (Å²) in [6.07, 6.45) is 0.584. The summed E-state index contributed by atoms with van der Waals surface area (Å²) in [7, 11) is 2.03. The molecule has 3 aliphatic rings. The van der Waals surface area contributed by atoms with E-state index >= 15 is 0 Å². The third kappa shape index (κ3) is 5.24. The lowest BCUT2D eigenvalue weighted by Crippen LogP contribution is -2.49. The number of anilines is 3. The van der Waals surface area contributed by atoms with Crippen LogP contribution in [0.3, 0.4) is 0 Å². The van der Waals surface area contributed by atoms with Crippen LogP contribution in [0, 0.1) is 6.92 Å². The zero-order valence-electron chi connectivity index (χ0n) is 22.8. The molecule has 1 fully saturated rings. The zero-order valence-corrected chi connectivity index (χ0v) is 22.8. The molecule has 3 N–H and O–H groups in total. The molecule has 0 radical (unpaired) electrons. The van der Waals surface area contributed by atoms with E-state index in [0.29, 0.717) is 25.9 Å². The van der Waals surface area contributed by atoms with Gasteiger partial charge in [-0.3, -0.25) is 15.2 Å². The van der Waals surface area contributed by atoms with Crippen LogP contribution in [0.4, 0.5) is 26.7 Å². The first-order valence-electron chi connectivity index (χ1n) is 13.7. The van der Waals surface area contributed by atoms with Gasteiger partial charge in [0, 0.05) is 62.0 Å². The van der Waals surface area contributed by atoms with Gasteiger partial charge in [0.2, 0.25) is 0 Å². The highest BCUT2D eigenvalue weighted by Crippen LogP contribution is 2.43. The van der Waals surface area contributed by atoms with Crippen molar-refractivity contribution in [3.05, 3.63) is 89.5 Å². The van der Waals surface area contributed by atoms with Gasteiger partial charge in [-0.2, -0.15) is 0 Å². The Hall–Kier alpha value is -4.37. The van der Waals surface area contributed by atoms with Crippen LogP contribution in [0.25, 0.3) is 0 Å². The average Bonchev–Trinajstić information content (AvgIpc) is 3.06. The zero-order chi connectivity index (χ0) is 27.7. The van der Waals surface area contributed by atoms with Gasteiger partial charge < -0.3 is 20.3 Å². The van der Waals surface area contributed by atoms with Crippen molar-refractivity contribution < 1.29 is 14.3 Å². The summed E-state index contributed by atoms with van der Waals surface area (Å²) >= 11 is 0. The molecule has 1 atom stereocenters. The fraction of sp³-hybridized carbons (Fsp3) is 0.323. The van der Waals surface area contributed by atoms with E-state index in [1.54, 1.807) is 0 Å². The number of hydrogen-bond donors (Lipinski definition) is 3. The lowest BCUT2D eigenvalue weighted by Gasteiger charge is -2.44. The molecule has 206 valence electrons. The minimum Gasteiger partial charge on any atom is -0.438 e. The molecule has 40 heavy (non-hydrogen) atoms. The largest absolute Gasteiger partial charge is 0.438 e. The molecular formula is C31H34N6O3. The summed E-state index contributed by atoms with van der Waals surface area (Å²) < 4.78 is 5.92. The lowest BCUT2D eigenvalue weighted by atomic mass is 9.82. The second kappa shape index (κ2) is 10.7. The molecule has 0 aliphatic carbocycles. The molecule has 1 spiro atoms. The number of ether oxygens (including phenoxy) is 1. The van der Waals surface area contributed by atoms with E-state index in [1.165, 1.54) is 0 Å². The van der Waals surface area contributed by atoms with E-state index in [0.717, 1.165) is 52.6 Å². The second-order valence-electron chi connectivity index (χ2n) is 10.8. The number of benzodiazepines with no additional fused rings is 1. The first-order valence-corrected chi connectivity index (χ1v) is 13.7. The molecular weight excluding hydrogens is 504 g/mol. The monoisotopic (exact) mass is 538 g/mol. The van der Waals surface area contributed by atoms with Crippen molar-refractivity contribution in [2.75, 3.05) is 48.8 Å². The number of carbonyl (C=O) groups is 2. The number of nitrogens with zero attached hydrogens (tertiary/aromatic N) is 3. The Morgan fingerprint density at radius 2 is 1.85 bits per heavy atom. The Labute approximate surface area is 234 Å². The minimum absolute atomic E-state index is 0.288. The summed E-state index contributed by atoms with van der Waals surface area (Å²) in [5, 5.41) is 8.82. The van der Waals surface area contributed by atoms with Gasteiger partial charge in [-0.05, 0) is 36.8 Å². The number of amides is 3. The Balaban J connectivity index is 1.20. The Kier molecular flexibility index (Phi) is 6.89. The molecule has 3 aliphatic heterocycles. The number of benzene rings is 3. The fourth-order valence-corrected chi connectivity index (χ4v) is 5.96. The van der Waals surface area contributed by atoms with Gasteiger partial charge in [0.05, 0.1) is 17.9 Å². The van der Waals surface area contributed by atoms with E-state index in [4.69, 9.17) is 9.73 Å². The Morgan fingerprint density at radius 1 is 1.07 bits per heavy atom. The third-order valence-corrected chi connectivity index (χ3v) is 7.94. The predicted octanol–water partition coefficient (Wildman–Crippen LogP) is 4.94. The number of urea groups is 1. The maximum atomic E-state index is 12.9. The molecule has 1 saturated heterocycles. The molecule has 0 saturated carbocycles. The van der Waals surface area contributed by atoms with Crippen molar-refractivity contribution in [3.63, 3.8) is 0 Å². The van der Waals surface area contributed by atoms with E-state index in [9.17, 15) is 9.59 Å². The quantitative estimate of drug-likeness (QED) is 0.437. The van der Waals surface area contributed by atoms with Gasteiger partial charge in [0.1, 0.15) is 11.8 Å². The number of carbonyl (C=O) groups excluding carboxylic acids is 2. The van der Waals surface area contributed by atoms with Crippen molar-refractivity contribution in [2.45, 2.75) is 31.5 Å². The van der Waals surface area contributed by atoms with Crippen LogP contribution >= 0.6 is 0 Å². The van der Waals surface area contributed by atoms with Crippen LogP contribution in [0.5, 0.6) is 0 Å². The number of piperidine rings is 1. The van der Waals surface area contributed by atoms with Gasteiger partial charge in [0.15, 0.2) is 0 Å². The molecule has 3 amide bonds. The SMILES string of the molecule is Cc1cccc(NC(=O)NC2CN(C)c3ccccc3C(CN3CCC4(CC3)OC(=O)Nc3ccccc34)=N2)c1. The minimum atomic E-state index is -0.614. The topological polar surface area (TPSA) is 98.3 Å². The highest BCUT2D eigenvalue weighted by Gasteiger charge is 2.44. The van der Waals surface area contributed by atoms with Gasteiger partial charge in [-0.25, -0.2) is 9.59 Å². The molecule has 1 unspecified atom stereocenters. The molecule has 3 aromatic rings. The molecule has 6 rings (SSSR count). The number of likely N-dealkylation sites (tertiary alicyclic amines) is 1. The highest BCUT2D eigenvalue weighted by molar-refractivity contribution is 6.07.